The molecule has 7 heteroatoms. The summed E-state index contributed by atoms with van der Waals surface area (Å²) in [5.74, 6) is -0.687. The molecule has 1 aromatic rings. The Bertz CT molecular complexity index is 554. The number of pyridine rings is 1. The fourth-order valence-corrected chi connectivity index (χ4v) is 2.48. The number of alkyl carbamates (subject to hydrolysis) is 1. The van der Waals surface area contributed by atoms with E-state index in [0.717, 1.165) is 4.47 Å². The quantitative estimate of drug-likeness (QED) is 0.859. The lowest BCUT2D eigenvalue weighted by Crippen LogP contribution is -2.41. The maximum atomic E-state index is 12.2. The molecule has 23 heavy (non-hydrogen) atoms. The van der Waals surface area contributed by atoms with E-state index in [1.54, 1.807) is 6.20 Å². The van der Waals surface area contributed by atoms with Crippen LogP contribution in [0.4, 0.5) is 4.79 Å². The van der Waals surface area contributed by atoms with Crippen molar-refractivity contribution < 1.29 is 19.0 Å². The van der Waals surface area contributed by atoms with Crippen LogP contribution in [0.15, 0.2) is 22.8 Å². The van der Waals surface area contributed by atoms with Crippen LogP contribution in [0, 0.1) is 0 Å². The van der Waals surface area contributed by atoms with E-state index in [9.17, 15) is 4.79 Å². The molecule has 1 fully saturated rings. The molecule has 1 saturated heterocycles. The van der Waals surface area contributed by atoms with Gasteiger partial charge in [-0.2, -0.15) is 0 Å². The van der Waals surface area contributed by atoms with Crippen molar-refractivity contribution in [1.29, 1.82) is 0 Å². The van der Waals surface area contributed by atoms with E-state index in [2.05, 4.69) is 26.2 Å². The van der Waals surface area contributed by atoms with Crippen LogP contribution < -0.4 is 5.32 Å². The third-order valence-corrected chi connectivity index (χ3v) is 3.61. The van der Waals surface area contributed by atoms with Crippen LogP contribution in [0.5, 0.6) is 0 Å². The van der Waals surface area contributed by atoms with Crippen molar-refractivity contribution >= 4 is 22.0 Å². The first-order chi connectivity index (χ1) is 10.6. The standard InChI is InChI=1S/C16H23BrN2O4/c1-15(2,3)23-14(20)19-13(11-7-6-10(17)8-18-11)12-9-21-16(4,5)22-12/h6-8,12-13H,9H2,1-5H3,(H,19,20)/t12-,13?/m1/s1. The molecule has 0 radical (unpaired) electrons. The Morgan fingerprint density at radius 1 is 1.48 bits per heavy atom. The zero-order valence-electron chi connectivity index (χ0n) is 14.1. The second-order valence-corrected chi connectivity index (χ2v) is 7.81. The maximum Gasteiger partial charge on any atom is 0.408 e. The molecule has 1 N–H and O–H groups in total. The van der Waals surface area contributed by atoms with Gasteiger partial charge < -0.3 is 19.5 Å². The predicted octanol–water partition coefficient (Wildman–Crippen LogP) is 3.56. The Kier molecular flexibility index (Phi) is 5.33. The minimum absolute atomic E-state index is 0.341. The van der Waals surface area contributed by atoms with Crippen molar-refractivity contribution in [2.75, 3.05) is 6.61 Å². The average Bonchev–Trinajstić information content (AvgIpc) is 2.75. The third kappa shape index (κ3) is 5.44. The summed E-state index contributed by atoms with van der Waals surface area (Å²) in [6, 6.07) is 3.24. The molecule has 1 aliphatic rings. The topological polar surface area (TPSA) is 69.7 Å². The molecule has 1 amide bonds. The second-order valence-electron chi connectivity index (χ2n) is 6.89. The highest BCUT2D eigenvalue weighted by atomic mass is 79.9. The van der Waals surface area contributed by atoms with E-state index in [-0.39, 0.29) is 6.10 Å². The first-order valence-electron chi connectivity index (χ1n) is 7.48. The summed E-state index contributed by atoms with van der Waals surface area (Å²) in [6.45, 7) is 9.50. The molecular weight excluding hydrogens is 364 g/mol. The van der Waals surface area contributed by atoms with Crippen molar-refractivity contribution in [3.05, 3.63) is 28.5 Å². The monoisotopic (exact) mass is 386 g/mol. The number of carbonyl (C=O) groups is 1. The number of hydrogen-bond acceptors (Lipinski definition) is 5. The van der Waals surface area contributed by atoms with Crippen LogP contribution >= 0.6 is 15.9 Å². The molecule has 1 aliphatic heterocycles. The number of halogens is 1. The number of amides is 1. The molecule has 0 bridgehead atoms. The van der Waals surface area contributed by atoms with E-state index in [4.69, 9.17) is 14.2 Å². The molecule has 2 heterocycles. The highest BCUT2D eigenvalue weighted by molar-refractivity contribution is 9.10. The van der Waals surface area contributed by atoms with E-state index >= 15 is 0 Å². The van der Waals surface area contributed by atoms with Crippen LogP contribution in [-0.2, 0) is 14.2 Å². The minimum atomic E-state index is -0.687. The lowest BCUT2D eigenvalue weighted by Gasteiger charge is -2.27. The number of nitrogens with one attached hydrogen (secondary N) is 1. The fraction of sp³-hybridized carbons (Fsp3) is 0.625. The molecule has 0 aliphatic carbocycles. The molecule has 1 aromatic heterocycles. The lowest BCUT2D eigenvalue weighted by molar-refractivity contribution is -0.142. The number of aromatic nitrogens is 1. The minimum Gasteiger partial charge on any atom is -0.444 e. The van der Waals surface area contributed by atoms with Gasteiger partial charge in [0.1, 0.15) is 17.7 Å². The summed E-state index contributed by atoms with van der Waals surface area (Å²) < 4.78 is 17.7. The molecule has 1 unspecified atom stereocenters. The Morgan fingerprint density at radius 2 is 2.17 bits per heavy atom. The molecule has 0 spiro atoms. The van der Waals surface area contributed by atoms with Gasteiger partial charge >= 0.3 is 6.09 Å². The SMILES string of the molecule is CC(C)(C)OC(=O)NC(c1ccc(Br)cn1)[C@H]1COC(C)(C)O1. The number of carbonyl (C=O) groups excluding carboxylic acids is 1. The molecule has 6 nitrogen and oxygen atoms in total. The van der Waals surface area contributed by atoms with Crippen LogP contribution in [-0.4, -0.2) is 35.2 Å². The average molecular weight is 387 g/mol. The van der Waals surface area contributed by atoms with Gasteiger partial charge in [0.2, 0.25) is 0 Å². The van der Waals surface area contributed by atoms with Gasteiger partial charge in [0, 0.05) is 10.7 Å². The Balaban J connectivity index is 2.18. The number of ether oxygens (including phenoxy) is 3. The Labute approximate surface area is 145 Å². The summed E-state index contributed by atoms with van der Waals surface area (Å²) in [5.41, 5.74) is 0.110. The Morgan fingerprint density at radius 3 is 2.65 bits per heavy atom. The van der Waals surface area contributed by atoms with E-state index < -0.39 is 23.5 Å². The van der Waals surface area contributed by atoms with Crippen molar-refractivity contribution in [2.45, 2.75) is 58.2 Å². The molecule has 128 valence electrons. The van der Waals surface area contributed by atoms with Crippen molar-refractivity contribution in [3.8, 4) is 0 Å². The van der Waals surface area contributed by atoms with E-state index in [0.29, 0.717) is 12.3 Å². The predicted molar refractivity (Wildman–Crippen MR) is 89.0 cm³/mol. The summed E-state index contributed by atoms with van der Waals surface area (Å²) in [5, 5.41) is 2.85. The van der Waals surface area contributed by atoms with E-state index in [1.807, 2.05) is 46.8 Å². The van der Waals surface area contributed by atoms with Crippen molar-refractivity contribution in [2.24, 2.45) is 0 Å². The molecule has 2 atom stereocenters. The van der Waals surface area contributed by atoms with Gasteiger partial charge in [0.25, 0.3) is 0 Å². The summed E-state index contributed by atoms with van der Waals surface area (Å²) in [6.07, 6.45) is 0.826. The van der Waals surface area contributed by atoms with Crippen LogP contribution in [0.2, 0.25) is 0 Å². The van der Waals surface area contributed by atoms with Gasteiger partial charge in [-0.1, -0.05) is 0 Å². The smallest absolute Gasteiger partial charge is 0.408 e. The zero-order chi connectivity index (χ0) is 17.3. The van der Waals surface area contributed by atoms with Crippen LogP contribution in [0.1, 0.15) is 46.4 Å². The zero-order valence-corrected chi connectivity index (χ0v) is 15.6. The first-order valence-corrected chi connectivity index (χ1v) is 8.28. The molecule has 2 rings (SSSR count). The van der Waals surface area contributed by atoms with Crippen LogP contribution in [0.25, 0.3) is 0 Å². The first kappa shape index (κ1) is 18.2. The van der Waals surface area contributed by atoms with Gasteiger partial charge in [-0.15, -0.1) is 0 Å². The molecule has 0 saturated carbocycles. The third-order valence-electron chi connectivity index (χ3n) is 3.14. The van der Waals surface area contributed by atoms with Gasteiger partial charge in [-0.25, -0.2) is 4.79 Å². The van der Waals surface area contributed by atoms with Crippen molar-refractivity contribution in [3.63, 3.8) is 0 Å². The normalized spacial score (nSPS) is 21.7. The summed E-state index contributed by atoms with van der Waals surface area (Å²) in [4.78, 5) is 16.5. The van der Waals surface area contributed by atoms with Gasteiger partial charge in [0.15, 0.2) is 5.79 Å². The van der Waals surface area contributed by atoms with Gasteiger partial charge in [0.05, 0.1) is 12.3 Å². The fourth-order valence-electron chi connectivity index (χ4n) is 2.24. The lowest BCUT2D eigenvalue weighted by atomic mass is 10.1. The summed E-state index contributed by atoms with van der Waals surface area (Å²) in [7, 11) is 0. The van der Waals surface area contributed by atoms with Gasteiger partial charge in [-0.3, -0.25) is 4.98 Å². The van der Waals surface area contributed by atoms with Gasteiger partial charge in [-0.05, 0) is 62.7 Å². The highest BCUT2D eigenvalue weighted by Crippen LogP contribution is 2.30. The highest BCUT2D eigenvalue weighted by Gasteiger charge is 2.39. The van der Waals surface area contributed by atoms with E-state index in [1.165, 1.54) is 0 Å². The Hall–Kier alpha value is -1.18. The molecular formula is C16H23BrN2O4. The summed E-state index contributed by atoms with van der Waals surface area (Å²) >= 11 is 3.36. The van der Waals surface area contributed by atoms with Crippen LogP contribution in [0.3, 0.4) is 0 Å². The van der Waals surface area contributed by atoms with Crippen molar-refractivity contribution in [1.82, 2.24) is 10.3 Å². The number of nitrogens with zero attached hydrogens (tertiary/aromatic N) is 1. The second kappa shape index (κ2) is 6.75. The number of hydrogen-bond donors (Lipinski definition) is 1. The molecule has 0 aromatic carbocycles. The number of rotatable bonds is 3. The largest absolute Gasteiger partial charge is 0.444 e. The maximum absolute atomic E-state index is 12.2.